The SMILES string of the molecule is CC(=O)Nc1ccc(NS(C)(=O)=O)c(C(=O)Nc2cccc(COc3cccc(F)c3)c2)c1. The van der Waals surface area contributed by atoms with Crippen LogP contribution in [-0.4, -0.2) is 26.5 Å². The first-order valence-corrected chi connectivity index (χ1v) is 11.7. The predicted molar refractivity (Wildman–Crippen MR) is 124 cm³/mol. The Bertz CT molecular complexity index is 1290. The molecule has 2 amide bonds. The van der Waals surface area contributed by atoms with Crippen molar-refractivity contribution < 1.29 is 27.1 Å². The molecule has 0 unspecified atom stereocenters. The monoisotopic (exact) mass is 471 g/mol. The highest BCUT2D eigenvalue weighted by molar-refractivity contribution is 7.92. The summed E-state index contributed by atoms with van der Waals surface area (Å²) in [7, 11) is -3.65. The van der Waals surface area contributed by atoms with Crippen molar-refractivity contribution in [3.05, 3.63) is 83.7 Å². The molecular formula is C23H22FN3O5S. The molecule has 3 rings (SSSR count). The lowest BCUT2D eigenvalue weighted by Gasteiger charge is -2.14. The zero-order valence-corrected chi connectivity index (χ0v) is 18.7. The summed E-state index contributed by atoms with van der Waals surface area (Å²) in [5.74, 6) is -0.961. The number of nitrogens with one attached hydrogen (secondary N) is 3. The second kappa shape index (κ2) is 10.1. The lowest BCUT2D eigenvalue weighted by Crippen LogP contribution is -2.18. The van der Waals surface area contributed by atoms with Crippen molar-refractivity contribution >= 4 is 38.9 Å². The zero-order valence-electron chi connectivity index (χ0n) is 17.9. The van der Waals surface area contributed by atoms with E-state index in [-0.39, 0.29) is 23.8 Å². The van der Waals surface area contributed by atoms with Crippen LogP contribution in [0.1, 0.15) is 22.8 Å². The van der Waals surface area contributed by atoms with Gasteiger partial charge in [-0.2, -0.15) is 0 Å². The molecule has 0 saturated heterocycles. The van der Waals surface area contributed by atoms with Gasteiger partial charge in [0.1, 0.15) is 18.2 Å². The van der Waals surface area contributed by atoms with Gasteiger partial charge < -0.3 is 15.4 Å². The lowest BCUT2D eigenvalue weighted by molar-refractivity contribution is -0.114. The van der Waals surface area contributed by atoms with Gasteiger partial charge in [0.25, 0.3) is 5.91 Å². The second-order valence-electron chi connectivity index (χ2n) is 7.22. The van der Waals surface area contributed by atoms with Gasteiger partial charge in [0.05, 0.1) is 17.5 Å². The molecule has 0 saturated carbocycles. The van der Waals surface area contributed by atoms with Crippen LogP contribution in [0.4, 0.5) is 21.5 Å². The van der Waals surface area contributed by atoms with Crippen molar-refractivity contribution in [2.45, 2.75) is 13.5 Å². The van der Waals surface area contributed by atoms with Gasteiger partial charge >= 0.3 is 0 Å². The Morgan fingerprint density at radius 1 is 0.939 bits per heavy atom. The zero-order chi connectivity index (χ0) is 24.0. The molecule has 172 valence electrons. The Morgan fingerprint density at radius 2 is 1.67 bits per heavy atom. The third-order valence-corrected chi connectivity index (χ3v) is 4.86. The molecule has 33 heavy (non-hydrogen) atoms. The first kappa shape index (κ1) is 23.7. The fourth-order valence-electron chi connectivity index (χ4n) is 2.96. The van der Waals surface area contributed by atoms with Crippen LogP contribution in [0.3, 0.4) is 0 Å². The van der Waals surface area contributed by atoms with E-state index >= 15 is 0 Å². The normalized spacial score (nSPS) is 10.9. The molecule has 3 aromatic rings. The molecule has 0 fully saturated rings. The average Bonchev–Trinajstić information content (AvgIpc) is 2.72. The third kappa shape index (κ3) is 7.32. The number of amides is 2. The van der Waals surface area contributed by atoms with E-state index < -0.39 is 21.7 Å². The number of rotatable bonds is 8. The molecule has 0 aliphatic carbocycles. The number of carbonyl (C=O) groups is 2. The minimum atomic E-state index is -3.65. The summed E-state index contributed by atoms with van der Waals surface area (Å²) in [6.45, 7) is 1.46. The van der Waals surface area contributed by atoms with E-state index in [1.165, 1.54) is 37.3 Å². The quantitative estimate of drug-likeness (QED) is 0.460. The summed E-state index contributed by atoms with van der Waals surface area (Å²) in [5, 5.41) is 5.27. The molecule has 0 aliphatic rings. The van der Waals surface area contributed by atoms with Crippen molar-refractivity contribution in [3.8, 4) is 5.75 Å². The summed E-state index contributed by atoms with van der Waals surface area (Å²) in [6, 6.07) is 16.8. The fraction of sp³-hybridized carbons (Fsp3) is 0.130. The van der Waals surface area contributed by atoms with Gasteiger partial charge in [0.15, 0.2) is 0 Å². The van der Waals surface area contributed by atoms with E-state index in [2.05, 4.69) is 15.4 Å². The summed E-state index contributed by atoms with van der Waals surface area (Å²) in [5.41, 5.74) is 1.58. The first-order chi connectivity index (χ1) is 15.6. The van der Waals surface area contributed by atoms with Crippen molar-refractivity contribution in [2.75, 3.05) is 21.6 Å². The third-order valence-electron chi connectivity index (χ3n) is 4.27. The van der Waals surface area contributed by atoms with Gasteiger partial charge in [-0.1, -0.05) is 18.2 Å². The van der Waals surface area contributed by atoms with E-state index in [4.69, 9.17) is 4.74 Å². The number of sulfonamides is 1. The highest BCUT2D eigenvalue weighted by atomic mass is 32.2. The van der Waals surface area contributed by atoms with Crippen LogP contribution in [0.25, 0.3) is 0 Å². The van der Waals surface area contributed by atoms with E-state index in [1.807, 2.05) is 0 Å². The summed E-state index contributed by atoms with van der Waals surface area (Å²) < 4.78 is 44.6. The summed E-state index contributed by atoms with van der Waals surface area (Å²) >= 11 is 0. The molecule has 0 heterocycles. The summed E-state index contributed by atoms with van der Waals surface area (Å²) in [4.78, 5) is 24.3. The Balaban J connectivity index is 1.79. The van der Waals surface area contributed by atoms with Crippen LogP contribution >= 0.6 is 0 Å². The van der Waals surface area contributed by atoms with Crippen LogP contribution in [0.15, 0.2) is 66.7 Å². The molecule has 0 aliphatic heterocycles. The van der Waals surface area contributed by atoms with E-state index in [0.717, 1.165) is 11.8 Å². The Kier molecular flexibility index (Phi) is 7.29. The minimum Gasteiger partial charge on any atom is -0.489 e. The maximum absolute atomic E-state index is 13.3. The van der Waals surface area contributed by atoms with Crippen LogP contribution in [0.5, 0.6) is 5.75 Å². The van der Waals surface area contributed by atoms with Crippen LogP contribution in [-0.2, 0) is 21.4 Å². The predicted octanol–water partition coefficient (Wildman–Crippen LogP) is 3.99. The minimum absolute atomic E-state index is 0.0214. The number of hydrogen-bond donors (Lipinski definition) is 3. The maximum Gasteiger partial charge on any atom is 0.257 e. The Hall–Kier alpha value is -3.92. The average molecular weight is 472 g/mol. The van der Waals surface area contributed by atoms with Crippen LogP contribution in [0, 0.1) is 5.82 Å². The van der Waals surface area contributed by atoms with E-state index in [1.54, 1.807) is 36.4 Å². The van der Waals surface area contributed by atoms with Crippen LogP contribution in [0.2, 0.25) is 0 Å². The van der Waals surface area contributed by atoms with E-state index in [0.29, 0.717) is 17.1 Å². The van der Waals surface area contributed by atoms with Crippen molar-refractivity contribution in [3.63, 3.8) is 0 Å². The molecular weight excluding hydrogens is 449 g/mol. The van der Waals surface area contributed by atoms with Crippen molar-refractivity contribution in [1.82, 2.24) is 0 Å². The lowest BCUT2D eigenvalue weighted by atomic mass is 10.1. The van der Waals surface area contributed by atoms with Crippen molar-refractivity contribution in [2.24, 2.45) is 0 Å². The fourth-order valence-corrected chi connectivity index (χ4v) is 3.54. The van der Waals surface area contributed by atoms with Gasteiger partial charge in [-0.05, 0) is 48.0 Å². The molecule has 0 spiro atoms. The van der Waals surface area contributed by atoms with Gasteiger partial charge in [0, 0.05) is 24.4 Å². The number of ether oxygens (including phenoxy) is 1. The molecule has 10 heteroatoms. The highest BCUT2D eigenvalue weighted by Gasteiger charge is 2.16. The molecule has 8 nitrogen and oxygen atoms in total. The number of carbonyl (C=O) groups excluding carboxylic acids is 2. The number of hydrogen-bond acceptors (Lipinski definition) is 5. The Labute approximate surface area is 190 Å². The smallest absolute Gasteiger partial charge is 0.257 e. The number of anilines is 3. The van der Waals surface area contributed by atoms with Crippen molar-refractivity contribution in [1.29, 1.82) is 0 Å². The molecule has 3 N–H and O–H groups in total. The number of halogens is 1. The largest absolute Gasteiger partial charge is 0.489 e. The molecule has 0 radical (unpaired) electrons. The van der Waals surface area contributed by atoms with Gasteiger partial charge in [0.2, 0.25) is 15.9 Å². The Morgan fingerprint density at radius 3 is 2.36 bits per heavy atom. The van der Waals surface area contributed by atoms with E-state index in [9.17, 15) is 22.4 Å². The highest BCUT2D eigenvalue weighted by Crippen LogP contribution is 2.24. The maximum atomic E-state index is 13.3. The van der Waals surface area contributed by atoms with Gasteiger partial charge in [-0.3, -0.25) is 14.3 Å². The first-order valence-electron chi connectivity index (χ1n) is 9.77. The summed E-state index contributed by atoms with van der Waals surface area (Å²) in [6.07, 6.45) is 0.971. The standard InChI is InChI=1S/C23H22FN3O5S/c1-15(28)25-19-9-10-22(27-33(2,30)31)21(13-19)23(29)26-18-7-3-5-16(11-18)14-32-20-8-4-6-17(24)12-20/h3-13,27H,14H2,1-2H3,(H,25,28)(H,26,29). The molecule has 0 bridgehead atoms. The van der Waals surface area contributed by atoms with Crippen LogP contribution < -0.4 is 20.1 Å². The molecule has 3 aromatic carbocycles. The number of benzene rings is 3. The van der Waals surface area contributed by atoms with Gasteiger partial charge in [-0.25, -0.2) is 12.8 Å². The topological polar surface area (TPSA) is 114 Å². The molecule has 0 aromatic heterocycles. The van der Waals surface area contributed by atoms with Gasteiger partial charge in [-0.15, -0.1) is 0 Å². The molecule has 0 atom stereocenters. The second-order valence-corrected chi connectivity index (χ2v) is 8.96.